The predicted molar refractivity (Wildman–Crippen MR) is 236 cm³/mol. The van der Waals surface area contributed by atoms with Crippen LogP contribution in [0.5, 0.6) is 0 Å². The SMILES string of the molecule is CCCCCCCCCCCCCC(=O)OC[C@H](COP(=O)(O)OP(=O)(O)OC[C@H]1O[C@@H](n2ccc(N)nc2=O)[C@H](O)[C@@H]1O)OC(=O)CCCCCCCCCCCCC.[K].[K]. The third-order valence-corrected chi connectivity index (χ3v) is 12.8. The van der Waals surface area contributed by atoms with E-state index in [1.807, 2.05) is 0 Å². The maximum Gasteiger partial charge on any atom is 0.481 e. The first-order valence-corrected chi connectivity index (χ1v) is 25.0. The summed E-state index contributed by atoms with van der Waals surface area (Å²) in [6.45, 7) is 2.12. The first-order valence-electron chi connectivity index (χ1n) is 22.0. The van der Waals surface area contributed by atoms with Crippen LogP contribution in [-0.2, 0) is 46.3 Å². The Labute approximate surface area is 453 Å². The topological polar surface area (TPSA) is 265 Å². The number of esters is 2. The van der Waals surface area contributed by atoms with Crippen LogP contribution in [0.3, 0.4) is 0 Å². The second-order valence-corrected chi connectivity index (χ2v) is 18.6. The Bertz CT molecular complexity index is 1510. The van der Waals surface area contributed by atoms with Crippen molar-refractivity contribution in [1.29, 1.82) is 0 Å². The number of carbonyl (C=O) groups is 2. The number of aliphatic hydroxyl groups excluding tert-OH is 2. The first-order chi connectivity index (χ1) is 28.7. The molecule has 2 unspecified atom stereocenters. The van der Waals surface area contributed by atoms with E-state index in [1.165, 1.54) is 83.1 Å². The summed E-state index contributed by atoms with van der Waals surface area (Å²) in [5, 5.41) is 20.8. The van der Waals surface area contributed by atoms with Gasteiger partial charge in [-0.1, -0.05) is 142 Å². The second-order valence-electron chi connectivity index (χ2n) is 15.6. The van der Waals surface area contributed by atoms with Crippen LogP contribution in [0.2, 0.25) is 0 Å². The Morgan fingerprint density at radius 1 is 0.726 bits per heavy atom. The van der Waals surface area contributed by atoms with Crippen LogP contribution in [0, 0.1) is 0 Å². The number of phosphoric acid groups is 2. The fourth-order valence-electron chi connectivity index (χ4n) is 6.72. The number of unbranched alkanes of at least 4 members (excludes halogenated alkanes) is 20. The molecule has 1 aliphatic heterocycles. The van der Waals surface area contributed by atoms with Crippen LogP contribution in [0.25, 0.3) is 0 Å². The molecular weight excluding hydrogens is 903 g/mol. The van der Waals surface area contributed by atoms with E-state index in [-0.39, 0.29) is 121 Å². The number of rotatable bonds is 36. The molecule has 1 aliphatic rings. The maximum atomic E-state index is 12.8. The number of phosphoric ester groups is 2. The largest absolute Gasteiger partial charge is 0.481 e. The molecule has 0 amide bonds. The molecule has 0 aliphatic carbocycles. The van der Waals surface area contributed by atoms with Gasteiger partial charge in [0.05, 0.1) is 13.2 Å². The fraction of sp³-hybridized carbons (Fsp3) is 0.850. The molecule has 1 aromatic heterocycles. The number of carbonyl (C=O) groups excluding carboxylic acids is 2. The number of hydrogen-bond acceptors (Lipinski definition) is 15. The summed E-state index contributed by atoms with van der Waals surface area (Å²) in [7, 11) is -10.8. The first kappa shape index (κ1) is 63.0. The summed E-state index contributed by atoms with van der Waals surface area (Å²) in [4.78, 5) is 61.5. The van der Waals surface area contributed by atoms with Crippen molar-refractivity contribution in [3.63, 3.8) is 0 Å². The van der Waals surface area contributed by atoms with Gasteiger partial charge in [0.2, 0.25) is 0 Å². The monoisotopic (exact) mass is 975 g/mol. The van der Waals surface area contributed by atoms with E-state index in [4.69, 9.17) is 29.0 Å². The van der Waals surface area contributed by atoms with Crippen molar-refractivity contribution in [2.45, 2.75) is 199 Å². The van der Waals surface area contributed by atoms with Crippen molar-refractivity contribution in [3.8, 4) is 0 Å². The quantitative estimate of drug-likeness (QED) is 0.0200. The molecule has 62 heavy (non-hydrogen) atoms. The Kier molecular flexibility index (Phi) is 37.6. The number of aromatic nitrogens is 2. The third kappa shape index (κ3) is 29.0. The van der Waals surface area contributed by atoms with Gasteiger partial charge in [0.1, 0.15) is 30.7 Å². The molecule has 1 fully saturated rings. The van der Waals surface area contributed by atoms with Crippen LogP contribution in [0.4, 0.5) is 5.82 Å². The van der Waals surface area contributed by atoms with Gasteiger partial charge in [-0.15, -0.1) is 0 Å². The van der Waals surface area contributed by atoms with Crippen molar-refractivity contribution in [1.82, 2.24) is 9.55 Å². The molecule has 1 saturated heterocycles. The van der Waals surface area contributed by atoms with Crippen LogP contribution in [0.15, 0.2) is 17.1 Å². The zero-order chi connectivity index (χ0) is 44.2. The average molecular weight is 976 g/mol. The number of aliphatic hydroxyl groups is 2. The average Bonchev–Trinajstić information content (AvgIpc) is 3.47. The summed E-state index contributed by atoms with van der Waals surface area (Å²) in [6, 6.07) is 1.25. The van der Waals surface area contributed by atoms with Gasteiger partial charge >= 0.3 is 33.3 Å². The van der Waals surface area contributed by atoms with Crippen LogP contribution in [-0.4, -0.2) is 188 Å². The van der Waals surface area contributed by atoms with Gasteiger partial charge in [-0.25, -0.2) is 13.9 Å². The normalized spacial score (nSPS) is 19.7. The Morgan fingerprint density at radius 2 is 1.18 bits per heavy atom. The minimum Gasteiger partial charge on any atom is -0.462 e. The van der Waals surface area contributed by atoms with Crippen molar-refractivity contribution >= 4 is 136 Å². The van der Waals surface area contributed by atoms with Gasteiger partial charge in [-0.05, 0) is 18.9 Å². The molecule has 0 spiro atoms. The van der Waals surface area contributed by atoms with Crippen LogP contribution >= 0.6 is 15.6 Å². The van der Waals surface area contributed by atoms with E-state index in [0.717, 1.165) is 62.1 Å². The minimum absolute atomic E-state index is 0. The molecule has 22 heteroatoms. The van der Waals surface area contributed by atoms with Crippen molar-refractivity contribution in [2.75, 3.05) is 25.6 Å². The Balaban J connectivity index is 0.0000186. The maximum absolute atomic E-state index is 12.8. The zero-order valence-corrected chi connectivity index (χ0v) is 45.8. The van der Waals surface area contributed by atoms with E-state index in [0.29, 0.717) is 12.8 Å². The van der Waals surface area contributed by atoms with Gasteiger partial charge in [0.15, 0.2) is 12.3 Å². The Hall–Kier alpha value is 1.03. The molecule has 7 atom stereocenters. The van der Waals surface area contributed by atoms with E-state index in [9.17, 15) is 43.5 Å². The number of nitrogens with two attached hydrogens (primary N) is 1. The summed E-state index contributed by atoms with van der Waals surface area (Å²) < 4.78 is 56.5. The predicted octanol–water partition coefficient (Wildman–Crippen LogP) is 6.79. The Morgan fingerprint density at radius 3 is 1.66 bits per heavy atom. The van der Waals surface area contributed by atoms with Gasteiger partial charge in [-0.3, -0.25) is 23.2 Å². The van der Waals surface area contributed by atoms with E-state index in [1.54, 1.807) is 0 Å². The van der Waals surface area contributed by atoms with E-state index < -0.39 is 83.7 Å². The molecule has 0 aromatic carbocycles. The molecule has 2 rings (SSSR count). The van der Waals surface area contributed by atoms with Crippen molar-refractivity contribution in [2.24, 2.45) is 0 Å². The van der Waals surface area contributed by atoms with Gasteiger partial charge in [-0.2, -0.15) is 9.29 Å². The van der Waals surface area contributed by atoms with Crippen molar-refractivity contribution < 1.29 is 66.3 Å². The summed E-state index contributed by atoms with van der Waals surface area (Å²) in [5.41, 5.74) is 4.57. The van der Waals surface area contributed by atoms with Gasteiger partial charge < -0.3 is 39.9 Å². The minimum atomic E-state index is -5.41. The molecule has 18 nitrogen and oxygen atoms in total. The van der Waals surface area contributed by atoms with E-state index in [2.05, 4.69) is 23.1 Å². The molecule has 0 saturated carbocycles. The summed E-state index contributed by atoms with van der Waals surface area (Å²) in [5.74, 6) is -1.29. The standard InChI is InChI=1S/C40H73N3O15P2.2K/c1-3-5-7-9-11-13-15-17-19-21-23-25-35(44)53-29-32(56-36(45)26-24-22-20-18-16-14-12-10-8-6-4-2)30-54-59(49,50)58-60(51,52)55-31-33-37(46)38(47)39(57-33)43-28-27-34(41)42-40(43)48;;/h27-28,32-33,37-39,46-47H,3-26,29-31H2,1-2H3,(H,49,50)(H,51,52)(H2,41,42,48);;/t32-,33-,37-,38-,39-;;/m1../s1. The smallest absolute Gasteiger partial charge is 0.462 e. The molecule has 2 heterocycles. The molecule has 2 radical (unpaired) electrons. The second kappa shape index (κ2) is 37.0. The molecular formula is C40H73K2N3O15P2. The molecule has 1 aromatic rings. The van der Waals surface area contributed by atoms with Gasteiger partial charge in [0.25, 0.3) is 0 Å². The third-order valence-electron chi connectivity index (χ3n) is 10.2. The number of nitrogens with zero attached hydrogens (tertiary/aromatic N) is 2. The summed E-state index contributed by atoms with van der Waals surface area (Å²) in [6.07, 6.45) is 17.8. The van der Waals surface area contributed by atoms with Gasteiger partial charge in [0, 0.05) is 122 Å². The van der Waals surface area contributed by atoms with E-state index >= 15 is 0 Å². The summed E-state index contributed by atoms with van der Waals surface area (Å²) >= 11 is 0. The van der Waals surface area contributed by atoms with Crippen LogP contribution < -0.4 is 11.4 Å². The zero-order valence-electron chi connectivity index (χ0n) is 37.8. The van der Waals surface area contributed by atoms with Crippen molar-refractivity contribution in [3.05, 3.63) is 22.7 Å². The number of hydrogen-bond donors (Lipinski definition) is 5. The molecule has 350 valence electrons. The number of ether oxygens (including phenoxy) is 3. The number of anilines is 1. The fourth-order valence-corrected chi connectivity index (χ4v) is 8.84. The number of nitrogen functional groups attached to an aromatic ring is 1. The molecule has 6 N–H and O–H groups in total. The molecule has 0 bridgehead atoms. The van der Waals surface area contributed by atoms with Crippen LogP contribution in [0.1, 0.15) is 174 Å².